The van der Waals surface area contributed by atoms with E-state index in [1.807, 2.05) is 0 Å². The number of benzene rings is 6. The van der Waals surface area contributed by atoms with Gasteiger partial charge < -0.3 is 5.73 Å². The molecule has 49 heavy (non-hydrogen) atoms. The summed E-state index contributed by atoms with van der Waals surface area (Å²) >= 11 is 0. The van der Waals surface area contributed by atoms with Crippen LogP contribution < -0.4 is 16.2 Å². The Bertz CT molecular complexity index is 2600. The zero-order valence-electron chi connectivity index (χ0n) is 27.2. The van der Waals surface area contributed by atoms with Gasteiger partial charge in [0.25, 0.3) is 0 Å². The Hall–Kier alpha value is -5.92. The summed E-state index contributed by atoms with van der Waals surface area (Å²) in [6, 6.07) is 45.2. The van der Waals surface area contributed by atoms with Crippen LogP contribution in [0.4, 0.5) is 0 Å². The summed E-state index contributed by atoms with van der Waals surface area (Å²) in [7, 11) is 0. The lowest BCUT2D eigenvalue weighted by Gasteiger charge is -2.34. The van der Waals surface area contributed by atoms with Crippen LogP contribution in [0, 0.1) is 11.8 Å². The van der Waals surface area contributed by atoms with Crippen molar-refractivity contribution in [2.24, 2.45) is 17.6 Å². The van der Waals surface area contributed by atoms with Crippen LogP contribution in [0.15, 0.2) is 175 Å². The van der Waals surface area contributed by atoms with Gasteiger partial charge in [-0.05, 0) is 95.4 Å². The molecule has 232 valence electrons. The maximum Gasteiger partial charge on any atom is 0.0282 e. The minimum Gasteiger partial charge on any atom is -0.401 e. The molecule has 0 aliphatic heterocycles. The Labute approximate surface area is 286 Å². The van der Waals surface area contributed by atoms with Gasteiger partial charge >= 0.3 is 0 Å². The SMILES string of the molecule is NC1=c2ccccc2=C(c2cc(-c3c4ccccc4cc4ccccc34)cc(C3c4ccccc4C=C4C=CC=CC43)c2)C2=CC=CCC21. The molecule has 0 fully saturated rings. The van der Waals surface area contributed by atoms with Gasteiger partial charge in [0, 0.05) is 28.7 Å². The zero-order chi connectivity index (χ0) is 32.5. The predicted molar refractivity (Wildman–Crippen MR) is 206 cm³/mol. The summed E-state index contributed by atoms with van der Waals surface area (Å²) in [6.45, 7) is 0. The molecule has 1 heteroatoms. The molecular formula is C48H35N. The molecule has 0 spiro atoms. The van der Waals surface area contributed by atoms with Gasteiger partial charge in [0.05, 0.1) is 0 Å². The second-order valence-electron chi connectivity index (χ2n) is 13.8. The van der Waals surface area contributed by atoms with Crippen molar-refractivity contribution in [2.75, 3.05) is 0 Å². The van der Waals surface area contributed by atoms with Gasteiger partial charge in [-0.15, -0.1) is 0 Å². The molecule has 0 radical (unpaired) electrons. The first-order valence-electron chi connectivity index (χ1n) is 17.4. The molecular weight excluding hydrogens is 591 g/mol. The number of fused-ring (bicyclic) bond motifs is 6. The highest BCUT2D eigenvalue weighted by Gasteiger charge is 2.33. The summed E-state index contributed by atoms with van der Waals surface area (Å²) in [4.78, 5) is 0. The molecule has 6 aromatic rings. The van der Waals surface area contributed by atoms with Crippen LogP contribution in [0.3, 0.4) is 0 Å². The highest BCUT2D eigenvalue weighted by molar-refractivity contribution is 6.13. The fourth-order valence-electron chi connectivity index (χ4n) is 8.95. The molecule has 0 bridgehead atoms. The molecule has 2 N–H and O–H groups in total. The second-order valence-corrected chi connectivity index (χ2v) is 13.8. The van der Waals surface area contributed by atoms with Crippen molar-refractivity contribution in [1.29, 1.82) is 0 Å². The van der Waals surface area contributed by atoms with Gasteiger partial charge in [0.15, 0.2) is 0 Å². The standard InChI is InChI=1S/C48H35N/c49-48-43-23-11-9-21-41(43)47(42-22-10-12-24-44(42)48)36-28-34(45-37-17-5-1-13-30(37)25-31-14-2-6-18-38(31)45)27-35(29-36)46-39-19-7-3-15-32(39)26-33-16-4-8-20-40(33)46/h1-23,25-29,37,44-45H,24,49H2. The summed E-state index contributed by atoms with van der Waals surface area (Å²) in [5, 5.41) is 7.45. The second kappa shape index (κ2) is 11.1. The maximum atomic E-state index is 6.97. The molecule has 3 atom stereocenters. The Morgan fingerprint density at radius 1 is 0.633 bits per heavy atom. The summed E-state index contributed by atoms with van der Waals surface area (Å²) < 4.78 is 0. The van der Waals surface area contributed by atoms with Crippen LogP contribution in [-0.4, -0.2) is 0 Å². The van der Waals surface area contributed by atoms with E-state index in [4.69, 9.17) is 5.73 Å². The Morgan fingerprint density at radius 3 is 2.18 bits per heavy atom. The summed E-state index contributed by atoms with van der Waals surface area (Å²) in [5.74, 6) is 0.589. The summed E-state index contributed by atoms with van der Waals surface area (Å²) in [6.07, 6.45) is 19.2. The average Bonchev–Trinajstić information content (AvgIpc) is 3.16. The minimum absolute atomic E-state index is 0.164. The van der Waals surface area contributed by atoms with Crippen LogP contribution in [-0.2, 0) is 0 Å². The molecule has 4 aliphatic rings. The fourth-order valence-corrected chi connectivity index (χ4v) is 8.95. The van der Waals surface area contributed by atoms with Crippen LogP contribution in [0.1, 0.15) is 34.6 Å². The average molecular weight is 626 g/mol. The monoisotopic (exact) mass is 625 g/mol. The van der Waals surface area contributed by atoms with Crippen LogP contribution in [0.5, 0.6) is 0 Å². The molecule has 0 saturated heterocycles. The molecule has 0 aromatic heterocycles. The summed E-state index contributed by atoms with van der Waals surface area (Å²) in [5.41, 5.74) is 19.7. The number of rotatable bonds is 3. The highest BCUT2D eigenvalue weighted by Crippen LogP contribution is 2.48. The van der Waals surface area contributed by atoms with E-state index in [1.165, 1.54) is 76.9 Å². The number of allylic oxidation sites excluding steroid dienone is 8. The number of hydrogen-bond acceptors (Lipinski definition) is 1. The van der Waals surface area contributed by atoms with Gasteiger partial charge in [0.2, 0.25) is 0 Å². The van der Waals surface area contributed by atoms with Crippen molar-refractivity contribution in [3.8, 4) is 11.1 Å². The number of nitrogens with two attached hydrogens (primary N) is 1. The van der Waals surface area contributed by atoms with Crippen molar-refractivity contribution in [3.63, 3.8) is 0 Å². The topological polar surface area (TPSA) is 26.0 Å². The van der Waals surface area contributed by atoms with Gasteiger partial charge in [0.1, 0.15) is 0 Å². The van der Waals surface area contributed by atoms with E-state index in [1.54, 1.807) is 0 Å². The van der Waals surface area contributed by atoms with Gasteiger partial charge in [-0.3, -0.25) is 0 Å². The van der Waals surface area contributed by atoms with E-state index in [-0.39, 0.29) is 17.8 Å². The van der Waals surface area contributed by atoms with Crippen LogP contribution in [0.2, 0.25) is 0 Å². The lowest BCUT2D eigenvalue weighted by molar-refractivity contribution is 0.652. The molecule has 10 rings (SSSR count). The minimum atomic E-state index is 0.164. The number of hydrogen-bond donors (Lipinski definition) is 1. The Kier molecular flexibility index (Phi) is 6.36. The van der Waals surface area contributed by atoms with E-state index in [0.717, 1.165) is 17.3 Å². The van der Waals surface area contributed by atoms with Gasteiger partial charge in [-0.25, -0.2) is 0 Å². The molecule has 3 unspecified atom stereocenters. The normalized spacial score (nSPS) is 20.4. The van der Waals surface area contributed by atoms with E-state index in [0.29, 0.717) is 0 Å². The first kappa shape index (κ1) is 28.1. The van der Waals surface area contributed by atoms with E-state index in [9.17, 15) is 0 Å². The van der Waals surface area contributed by atoms with Gasteiger partial charge in [-0.1, -0.05) is 158 Å². The van der Waals surface area contributed by atoms with Crippen molar-refractivity contribution >= 4 is 38.9 Å². The lowest BCUT2D eigenvalue weighted by Crippen LogP contribution is -2.40. The maximum absolute atomic E-state index is 6.97. The molecule has 4 aliphatic carbocycles. The van der Waals surface area contributed by atoms with E-state index >= 15 is 0 Å². The molecule has 0 amide bonds. The first-order chi connectivity index (χ1) is 24.2. The zero-order valence-corrected chi connectivity index (χ0v) is 27.2. The molecule has 1 nitrogen and oxygen atoms in total. The molecule has 0 saturated carbocycles. The third-order valence-corrected chi connectivity index (χ3v) is 11.1. The highest BCUT2D eigenvalue weighted by atomic mass is 14.6. The van der Waals surface area contributed by atoms with Crippen molar-refractivity contribution in [2.45, 2.75) is 12.3 Å². The Morgan fingerprint density at radius 2 is 1.35 bits per heavy atom. The van der Waals surface area contributed by atoms with Gasteiger partial charge in [-0.2, -0.15) is 0 Å². The molecule has 0 heterocycles. The largest absolute Gasteiger partial charge is 0.401 e. The van der Waals surface area contributed by atoms with E-state index < -0.39 is 0 Å². The fraction of sp³-hybridized carbons (Fsp3) is 0.0833. The predicted octanol–water partition coefficient (Wildman–Crippen LogP) is 9.71. The lowest BCUT2D eigenvalue weighted by atomic mass is 9.69. The quantitative estimate of drug-likeness (QED) is 0.195. The van der Waals surface area contributed by atoms with E-state index in [2.05, 4.69) is 170 Å². The van der Waals surface area contributed by atoms with Crippen LogP contribution >= 0.6 is 0 Å². The van der Waals surface area contributed by atoms with Crippen molar-refractivity contribution in [1.82, 2.24) is 0 Å². The Balaban J connectivity index is 1.34. The van der Waals surface area contributed by atoms with Crippen molar-refractivity contribution < 1.29 is 0 Å². The first-order valence-corrected chi connectivity index (χ1v) is 17.4. The molecule has 6 aromatic carbocycles. The van der Waals surface area contributed by atoms with Crippen LogP contribution in [0.25, 0.3) is 50.0 Å². The third kappa shape index (κ3) is 4.39. The smallest absolute Gasteiger partial charge is 0.0282 e. The van der Waals surface area contributed by atoms with Crippen molar-refractivity contribution in [3.05, 3.63) is 208 Å². The third-order valence-electron chi connectivity index (χ3n) is 11.1.